The highest BCUT2D eigenvalue weighted by Crippen LogP contribution is 2.18. The van der Waals surface area contributed by atoms with Crippen molar-refractivity contribution in [2.24, 2.45) is 0 Å². The zero-order valence-electron chi connectivity index (χ0n) is 9.43. The lowest BCUT2D eigenvalue weighted by atomic mass is 10.2. The van der Waals surface area contributed by atoms with Crippen molar-refractivity contribution >= 4 is 40.4 Å². The summed E-state index contributed by atoms with van der Waals surface area (Å²) in [5.74, 6) is -0.233. The minimum Gasteiger partial charge on any atom is -0.337 e. The average Bonchev–Trinajstić information content (AvgIpc) is 2.84. The highest BCUT2D eigenvalue weighted by Gasteiger charge is 2.17. The molecule has 7 heteroatoms. The van der Waals surface area contributed by atoms with Crippen molar-refractivity contribution in [2.45, 2.75) is 6.54 Å². The molecule has 1 amide bonds. The van der Waals surface area contributed by atoms with E-state index in [4.69, 9.17) is 23.2 Å². The molecule has 0 aliphatic carbocycles. The van der Waals surface area contributed by atoms with E-state index in [1.54, 1.807) is 23.3 Å². The Hall–Kier alpha value is -1.17. The number of hydrogen-bond donors (Lipinski definition) is 0. The third-order valence-corrected chi connectivity index (χ3v) is 3.49. The molecule has 0 saturated heterocycles. The molecule has 2 aromatic rings. The van der Waals surface area contributed by atoms with Gasteiger partial charge >= 0.3 is 0 Å². The lowest BCUT2D eigenvalue weighted by molar-refractivity contribution is 0.0785. The van der Waals surface area contributed by atoms with Gasteiger partial charge in [0.25, 0.3) is 5.91 Å². The second-order valence-electron chi connectivity index (χ2n) is 3.66. The molecule has 0 unspecified atom stereocenters. The van der Waals surface area contributed by atoms with Crippen LogP contribution in [0.5, 0.6) is 0 Å². The van der Waals surface area contributed by atoms with Crippen LogP contribution in [0.1, 0.15) is 15.9 Å². The van der Waals surface area contributed by atoms with E-state index in [2.05, 4.69) is 10.2 Å². The zero-order chi connectivity index (χ0) is 13.1. The number of rotatable bonds is 3. The van der Waals surface area contributed by atoms with Crippen LogP contribution in [0, 0.1) is 0 Å². The van der Waals surface area contributed by atoms with Gasteiger partial charge in [-0.25, -0.2) is 0 Å². The molecule has 2 heterocycles. The van der Waals surface area contributed by atoms with Gasteiger partial charge in [-0.05, 0) is 28.5 Å². The summed E-state index contributed by atoms with van der Waals surface area (Å²) in [4.78, 5) is 13.7. The summed E-state index contributed by atoms with van der Waals surface area (Å²) in [6.07, 6.45) is 0. The van der Waals surface area contributed by atoms with Crippen LogP contribution in [0.3, 0.4) is 0 Å². The van der Waals surface area contributed by atoms with Gasteiger partial charge in [-0.3, -0.25) is 4.79 Å². The molecule has 0 radical (unpaired) electrons. The summed E-state index contributed by atoms with van der Waals surface area (Å²) in [6.45, 7) is 0.513. The first kappa shape index (κ1) is 13.3. The maximum Gasteiger partial charge on any atom is 0.257 e. The van der Waals surface area contributed by atoms with E-state index >= 15 is 0 Å². The first-order valence-electron chi connectivity index (χ1n) is 5.03. The van der Waals surface area contributed by atoms with Crippen LogP contribution in [0.4, 0.5) is 0 Å². The maximum absolute atomic E-state index is 12.2. The third kappa shape index (κ3) is 2.98. The molecule has 0 aromatic carbocycles. The van der Waals surface area contributed by atoms with Crippen molar-refractivity contribution in [1.82, 2.24) is 15.1 Å². The van der Waals surface area contributed by atoms with E-state index in [-0.39, 0.29) is 21.8 Å². The monoisotopic (exact) mass is 301 g/mol. The number of halogens is 2. The number of thiophene rings is 1. The van der Waals surface area contributed by atoms with Gasteiger partial charge in [0.15, 0.2) is 10.3 Å². The smallest absolute Gasteiger partial charge is 0.257 e. The maximum atomic E-state index is 12.2. The van der Waals surface area contributed by atoms with Crippen LogP contribution >= 0.6 is 34.5 Å². The molecular formula is C11H9Cl2N3OS. The quantitative estimate of drug-likeness (QED) is 0.875. The zero-order valence-corrected chi connectivity index (χ0v) is 11.8. The summed E-state index contributed by atoms with van der Waals surface area (Å²) in [7, 11) is 1.70. The normalized spacial score (nSPS) is 10.4. The van der Waals surface area contributed by atoms with Gasteiger partial charge < -0.3 is 4.90 Å². The lowest BCUT2D eigenvalue weighted by Gasteiger charge is -2.16. The SMILES string of the molecule is CN(Cc1ccsc1)C(=O)c1cc(Cl)nnc1Cl. The minimum atomic E-state index is -0.233. The molecule has 0 N–H and O–H groups in total. The first-order valence-corrected chi connectivity index (χ1v) is 6.73. The number of carbonyl (C=O) groups excluding carboxylic acids is 1. The Morgan fingerprint density at radius 1 is 1.44 bits per heavy atom. The van der Waals surface area contributed by atoms with Crippen LogP contribution in [-0.2, 0) is 6.54 Å². The number of nitrogens with zero attached hydrogens (tertiary/aromatic N) is 3. The molecule has 18 heavy (non-hydrogen) atoms. The number of aromatic nitrogens is 2. The van der Waals surface area contributed by atoms with Crippen molar-refractivity contribution in [1.29, 1.82) is 0 Å². The van der Waals surface area contributed by atoms with Gasteiger partial charge in [-0.1, -0.05) is 23.2 Å². The standard InChI is InChI=1S/C11H9Cl2N3OS/c1-16(5-7-2-3-18-6-7)11(17)8-4-9(12)14-15-10(8)13/h2-4,6H,5H2,1H3. The van der Waals surface area contributed by atoms with Crippen LogP contribution in [0.15, 0.2) is 22.9 Å². The molecule has 4 nitrogen and oxygen atoms in total. The molecule has 0 atom stereocenters. The molecule has 0 bridgehead atoms. The Morgan fingerprint density at radius 2 is 2.22 bits per heavy atom. The molecule has 94 valence electrons. The Labute approximate surface area is 118 Å². The first-order chi connectivity index (χ1) is 8.58. The topological polar surface area (TPSA) is 46.1 Å². The lowest BCUT2D eigenvalue weighted by Crippen LogP contribution is -2.26. The number of hydrogen-bond acceptors (Lipinski definition) is 4. The molecule has 0 aliphatic heterocycles. The van der Waals surface area contributed by atoms with E-state index in [0.717, 1.165) is 5.56 Å². The number of amides is 1. The predicted molar refractivity (Wildman–Crippen MR) is 72.2 cm³/mol. The van der Waals surface area contributed by atoms with E-state index in [0.29, 0.717) is 6.54 Å². The van der Waals surface area contributed by atoms with Gasteiger partial charge in [-0.15, -0.1) is 10.2 Å². The van der Waals surface area contributed by atoms with Gasteiger partial charge in [0, 0.05) is 13.6 Å². The van der Waals surface area contributed by atoms with Gasteiger partial charge in [0.2, 0.25) is 0 Å². The largest absolute Gasteiger partial charge is 0.337 e. The Bertz CT molecular complexity index is 559. The van der Waals surface area contributed by atoms with Crippen molar-refractivity contribution in [3.63, 3.8) is 0 Å². The Kier molecular flexibility index (Phi) is 4.16. The van der Waals surface area contributed by atoms with Gasteiger partial charge in [0.05, 0.1) is 5.56 Å². The Balaban J connectivity index is 2.17. The van der Waals surface area contributed by atoms with E-state index in [1.165, 1.54) is 6.07 Å². The van der Waals surface area contributed by atoms with Crippen molar-refractivity contribution < 1.29 is 4.79 Å². The van der Waals surface area contributed by atoms with Crippen LogP contribution in [0.25, 0.3) is 0 Å². The summed E-state index contributed by atoms with van der Waals surface area (Å²) < 4.78 is 0. The molecule has 0 spiro atoms. The second kappa shape index (κ2) is 5.65. The molecule has 2 rings (SSSR count). The highest BCUT2D eigenvalue weighted by atomic mass is 35.5. The molecular weight excluding hydrogens is 293 g/mol. The summed E-state index contributed by atoms with van der Waals surface area (Å²) >= 11 is 13.1. The fourth-order valence-corrected chi connectivity index (χ4v) is 2.42. The molecule has 0 aliphatic rings. The average molecular weight is 302 g/mol. The van der Waals surface area contributed by atoms with Gasteiger partial charge in [-0.2, -0.15) is 11.3 Å². The van der Waals surface area contributed by atoms with E-state index in [1.807, 2.05) is 16.8 Å². The molecule has 2 aromatic heterocycles. The van der Waals surface area contributed by atoms with Crippen molar-refractivity contribution in [3.05, 3.63) is 44.3 Å². The van der Waals surface area contributed by atoms with Crippen LogP contribution in [-0.4, -0.2) is 28.1 Å². The molecule has 0 saturated carbocycles. The van der Waals surface area contributed by atoms with Crippen LogP contribution in [0.2, 0.25) is 10.3 Å². The number of carbonyl (C=O) groups is 1. The fourth-order valence-electron chi connectivity index (χ4n) is 1.44. The summed E-state index contributed by atoms with van der Waals surface area (Å²) in [5, 5.41) is 11.3. The van der Waals surface area contributed by atoms with Crippen molar-refractivity contribution in [2.75, 3.05) is 7.05 Å². The third-order valence-electron chi connectivity index (χ3n) is 2.30. The van der Waals surface area contributed by atoms with E-state index in [9.17, 15) is 4.79 Å². The molecule has 0 fully saturated rings. The highest BCUT2D eigenvalue weighted by molar-refractivity contribution is 7.07. The fraction of sp³-hybridized carbons (Fsp3) is 0.182. The predicted octanol–water partition coefficient (Wildman–Crippen LogP) is 3.12. The van der Waals surface area contributed by atoms with Gasteiger partial charge in [0.1, 0.15) is 0 Å². The summed E-state index contributed by atoms with van der Waals surface area (Å²) in [5.41, 5.74) is 1.33. The second-order valence-corrected chi connectivity index (χ2v) is 5.19. The van der Waals surface area contributed by atoms with Crippen molar-refractivity contribution in [3.8, 4) is 0 Å². The Morgan fingerprint density at radius 3 is 2.89 bits per heavy atom. The van der Waals surface area contributed by atoms with Crippen LogP contribution < -0.4 is 0 Å². The summed E-state index contributed by atoms with van der Waals surface area (Å²) in [6, 6.07) is 3.39. The van der Waals surface area contributed by atoms with E-state index < -0.39 is 0 Å². The minimum absolute atomic E-state index is 0.0570.